The maximum absolute atomic E-state index is 13.1. The normalized spacial score (nSPS) is 14.0. The van der Waals surface area contributed by atoms with E-state index < -0.39 is 97.5 Å². The molecule has 5 atom stereocenters. The van der Waals surface area contributed by atoms with E-state index in [1.165, 1.54) is 212 Å². The lowest BCUT2D eigenvalue weighted by Gasteiger charge is -2.21. The van der Waals surface area contributed by atoms with Crippen LogP contribution in [0.25, 0.3) is 0 Å². The molecule has 19 heteroatoms. The van der Waals surface area contributed by atoms with Gasteiger partial charge in [-0.2, -0.15) is 0 Å². The van der Waals surface area contributed by atoms with Crippen LogP contribution in [-0.4, -0.2) is 96.7 Å². The Morgan fingerprint density at radius 3 is 0.701 bits per heavy atom. The van der Waals surface area contributed by atoms with E-state index >= 15 is 0 Å². The van der Waals surface area contributed by atoms with Gasteiger partial charge < -0.3 is 33.8 Å². The number of phosphoric acid groups is 2. The Labute approximate surface area is 594 Å². The first kappa shape index (κ1) is 95.1. The van der Waals surface area contributed by atoms with Crippen LogP contribution in [0.3, 0.4) is 0 Å². The second-order valence-electron chi connectivity index (χ2n) is 29.5. The third kappa shape index (κ3) is 72.2. The monoisotopic (exact) mass is 1420 g/mol. The maximum Gasteiger partial charge on any atom is 0.472 e. The van der Waals surface area contributed by atoms with E-state index in [4.69, 9.17) is 37.0 Å². The summed E-state index contributed by atoms with van der Waals surface area (Å²) in [7, 11) is -9.92. The quantitative estimate of drug-likeness (QED) is 0.0222. The van der Waals surface area contributed by atoms with Crippen LogP contribution in [0.2, 0.25) is 0 Å². The van der Waals surface area contributed by atoms with Crippen molar-refractivity contribution in [1.29, 1.82) is 0 Å². The molecule has 0 bridgehead atoms. The Balaban J connectivity index is 5.25. The molecular weight excluding hydrogens is 1270 g/mol. The van der Waals surface area contributed by atoms with E-state index in [1.807, 2.05) is 0 Å². The van der Waals surface area contributed by atoms with Crippen molar-refractivity contribution < 1.29 is 80.2 Å². The van der Waals surface area contributed by atoms with E-state index in [9.17, 15) is 43.2 Å². The molecule has 17 nitrogen and oxygen atoms in total. The Bertz CT molecular complexity index is 1890. The number of carbonyl (C=O) groups excluding carboxylic acids is 4. The van der Waals surface area contributed by atoms with Gasteiger partial charge in [-0.05, 0) is 43.4 Å². The highest BCUT2D eigenvalue weighted by Crippen LogP contribution is 2.45. The van der Waals surface area contributed by atoms with Gasteiger partial charge in [0.15, 0.2) is 12.2 Å². The minimum Gasteiger partial charge on any atom is -0.462 e. The van der Waals surface area contributed by atoms with Crippen molar-refractivity contribution in [1.82, 2.24) is 0 Å². The molecule has 0 radical (unpaired) electrons. The molecular formula is C78H152O17P2. The van der Waals surface area contributed by atoms with E-state index in [0.717, 1.165) is 108 Å². The lowest BCUT2D eigenvalue weighted by Crippen LogP contribution is -2.30. The summed E-state index contributed by atoms with van der Waals surface area (Å²) in [5.74, 6) is 0.241. The molecule has 0 heterocycles. The number of ether oxygens (including phenoxy) is 4. The summed E-state index contributed by atoms with van der Waals surface area (Å²) in [6.07, 6.45) is 55.3. The molecule has 0 aliphatic heterocycles. The Morgan fingerprint density at radius 2 is 0.474 bits per heavy atom. The van der Waals surface area contributed by atoms with Crippen molar-refractivity contribution in [3.05, 3.63) is 0 Å². The van der Waals surface area contributed by atoms with E-state index in [0.29, 0.717) is 25.7 Å². The average Bonchev–Trinajstić information content (AvgIpc) is 1.33. The molecule has 0 saturated heterocycles. The maximum atomic E-state index is 13.1. The fourth-order valence-electron chi connectivity index (χ4n) is 12.0. The van der Waals surface area contributed by atoms with Gasteiger partial charge >= 0.3 is 39.5 Å². The Hall–Kier alpha value is -1.94. The SMILES string of the molecule is CCCCCCCCCCCCC(=O)OC[C@H](COP(=O)(O)OC[C@H](O)COP(=O)(O)OC[C@@H](COC(=O)CCCCCCCCCCCCCCCC(C)C)OC(=O)CCCCCCCCCCCCCCCC(C)C)OC(=O)CCCCCCCCCCCCCCC(C)C. The van der Waals surface area contributed by atoms with Gasteiger partial charge in [0.05, 0.1) is 26.4 Å². The van der Waals surface area contributed by atoms with Crippen molar-refractivity contribution in [2.45, 2.75) is 420 Å². The minimum absolute atomic E-state index is 0.107. The van der Waals surface area contributed by atoms with Crippen LogP contribution in [0.5, 0.6) is 0 Å². The molecule has 0 aromatic rings. The van der Waals surface area contributed by atoms with E-state index in [1.54, 1.807) is 0 Å². The number of hydrogen-bond donors (Lipinski definition) is 3. The largest absolute Gasteiger partial charge is 0.472 e. The van der Waals surface area contributed by atoms with Gasteiger partial charge in [0.1, 0.15) is 19.3 Å². The summed E-state index contributed by atoms with van der Waals surface area (Å²) in [4.78, 5) is 72.9. The number of carbonyl (C=O) groups is 4. The topological polar surface area (TPSA) is 237 Å². The first-order chi connectivity index (χ1) is 46.7. The predicted octanol–water partition coefficient (Wildman–Crippen LogP) is 23.0. The molecule has 0 saturated carbocycles. The third-order valence-electron chi connectivity index (χ3n) is 18.1. The summed E-state index contributed by atoms with van der Waals surface area (Å²) in [5, 5.41) is 10.6. The first-order valence-electron chi connectivity index (χ1n) is 40.3. The molecule has 97 heavy (non-hydrogen) atoms. The summed E-state index contributed by atoms with van der Waals surface area (Å²) in [5.41, 5.74) is 0. The predicted molar refractivity (Wildman–Crippen MR) is 395 cm³/mol. The van der Waals surface area contributed by atoms with Gasteiger partial charge in [-0.25, -0.2) is 9.13 Å². The number of aliphatic hydroxyl groups is 1. The van der Waals surface area contributed by atoms with Crippen LogP contribution in [0, 0.1) is 17.8 Å². The lowest BCUT2D eigenvalue weighted by atomic mass is 10.0. The zero-order chi connectivity index (χ0) is 71.6. The second-order valence-corrected chi connectivity index (χ2v) is 32.4. The fraction of sp³-hybridized carbons (Fsp3) is 0.949. The molecule has 0 aromatic heterocycles. The zero-order valence-corrected chi connectivity index (χ0v) is 65.3. The number of unbranched alkanes of at least 4 members (excludes halogenated alkanes) is 44. The zero-order valence-electron chi connectivity index (χ0n) is 63.5. The van der Waals surface area contributed by atoms with Gasteiger partial charge in [-0.15, -0.1) is 0 Å². The number of phosphoric ester groups is 2. The van der Waals surface area contributed by atoms with E-state index in [2.05, 4.69) is 48.5 Å². The van der Waals surface area contributed by atoms with Gasteiger partial charge in [-0.1, -0.05) is 350 Å². The summed E-state index contributed by atoms with van der Waals surface area (Å²) in [6.45, 7) is 12.0. The number of aliphatic hydroxyl groups excluding tert-OH is 1. The summed E-state index contributed by atoms with van der Waals surface area (Å²) in [6, 6.07) is 0. The average molecular weight is 1420 g/mol. The molecule has 3 N–H and O–H groups in total. The summed E-state index contributed by atoms with van der Waals surface area (Å²) < 4.78 is 68.6. The molecule has 576 valence electrons. The van der Waals surface area contributed by atoms with Crippen LogP contribution >= 0.6 is 15.6 Å². The van der Waals surface area contributed by atoms with Crippen LogP contribution in [0.4, 0.5) is 0 Å². The highest BCUT2D eigenvalue weighted by Gasteiger charge is 2.30. The third-order valence-corrected chi connectivity index (χ3v) is 20.0. The van der Waals surface area contributed by atoms with Gasteiger partial charge in [0, 0.05) is 25.7 Å². The van der Waals surface area contributed by atoms with Gasteiger partial charge in [0.25, 0.3) is 0 Å². The molecule has 0 fully saturated rings. The van der Waals surface area contributed by atoms with Crippen LogP contribution in [0.1, 0.15) is 402 Å². The highest BCUT2D eigenvalue weighted by molar-refractivity contribution is 7.47. The molecule has 0 rings (SSSR count). The van der Waals surface area contributed by atoms with Crippen molar-refractivity contribution in [2.75, 3.05) is 39.6 Å². The molecule has 0 aliphatic rings. The van der Waals surface area contributed by atoms with Crippen molar-refractivity contribution in [3.8, 4) is 0 Å². The molecule has 0 aromatic carbocycles. The first-order valence-corrected chi connectivity index (χ1v) is 43.3. The minimum atomic E-state index is -4.96. The highest BCUT2D eigenvalue weighted by atomic mass is 31.2. The second kappa shape index (κ2) is 68.5. The van der Waals surface area contributed by atoms with Crippen molar-refractivity contribution in [2.24, 2.45) is 17.8 Å². The Morgan fingerprint density at radius 1 is 0.278 bits per heavy atom. The number of hydrogen-bond acceptors (Lipinski definition) is 15. The number of esters is 4. The van der Waals surface area contributed by atoms with Crippen LogP contribution in [0.15, 0.2) is 0 Å². The molecule has 0 amide bonds. The van der Waals surface area contributed by atoms with Gasteiger partial charge in [-0.3, -0.25) is 37.3 Å². The van der Waals surface area contributed by atoms with Gasteiger partial charge in [0.2, 0.25) is 0 Å². The molecule has 0 spiro atoms. The Kier molecular flexibility index (Phi) is 67.1. The van der Waals surface area contributed by atoms with Crippen molar-refractivity contribution in [3.63, 3.8) is 0 Å². The number of rotatable bonds is 76. The fourth-order valence-corrected chi connectivity index (χ4v) is 13.5. The smallest absolute Gasteiger partial charge is 0.462 e. The summed E-state index contributed by atoms with van der Waals surface area (Å²) >= 11 is 0. The van der Waals surface area contributed by atoms with Crippen LogP contribution < -0.4 is 0 Å². The standard InChI is InChI=1S/C78H152O17P2/c1-8-9-10-11-12-13-31-38-45-52-59-75(80)88-65-73(94-78(83)62-55-48-41-34-27-21-20-24-30-37-44-51-58-71(6)7)67-92-96(84,85)90-63-72(79)64-91-97(86,87)93-68-74(95-77(82)61-54-47-40-33-26-19-15-17-23-29-36-43-50-57-70(4)5)66-89-76(81)60-53-46-39-32-25-18-14-16-22-28-35-42-49-56-69(2)3/h69-74,79H,8-68H2,1-7H3,(H,84,85)(H,86,87)/t72-,73+,74+/m0/s1. The molecule has 2 unspecified atom stereocenters. The van der Waals surface area contributed by atoms with Crippen molar-refractivity contribution >= 4 is 39.5 Å². The lowest BCUT2D eigenvalue weighted by molar-refractivity contribution is -0.161. The molecule has 0 aliphatic carbocycles. The van der Waals surface area contributed by atoms with Crippen LogP contribution in [-0.2, 0) is 65.4 Å². The van der Waals surface area contributed by atoms with E-state index in [-0.39, 0.29) is 25.7 Å².